The van der Waals surface area contributed by atoms with Gasteiger partial charge in [0.25, 0.3) is 0 Å². The van der Waals surface area contributed by atoms with Crippen LogP contribution in [0.2, 0.25) is 0 Å². The molecule has 7 heteroatoms. The van der Waals surface area contributed by atoms with Crippen LogP contribution in [0.3, 0.4) is 0 Å². The molecular formula is C23H25N3O3S. The number of fused-ring (bicyclic) bond motifs is 1. The number of thioether (sulfide) groups is 1. The zero-order valence-corrected chi connectivity index (χ0v) is 17.7. The number of ether oxygens (including phenoxy) is 1. The number of nitrogens with zero attached hydrogens (tertiary/aromatic N) is 2. The fraction of sp³-hybridized carbons (Fsp3) is 0.348. The van der Waals surface area contributed by atoms with E-state index >= 15 is 0 Å². The first-order valence-electron chi connectivity index (χ1n) is 10.2. The molecule has 1 unspecified atom stereocenters. The second kappa shape index (κ2) is 9.45. The van der Waals surface area contributed by atoms with Crippen molar-refractivity contribution in [3.8, 4) is 5.75 Å². The number of aromatic nitrogens is 2. The third-order valence-electron chi connectivity index (χ3n) is 4.85. The van der Waals surface area contributed by atoms with Gasteiger partial charge in [-0.2, -0.15) is 0 Å². The number of nitrogens with one attached hydrogen (secondary N) is 1. The highest BCUT2D eigenvalue weighted by Gasteiger charge is 2.23. The van der Waals surface area contributed by atoms with Gasteiger partial charge in [0, 0.05) is 29.2 Å². The molecule has 0 radical (unpaired) electrons. The third kappa shape index (κ3) is 5.29. The summed E-state index contributed by atoms with van der Waals surface area (Å²) in [5.74, 6) is 2.01. The molecule has 1 saturated carbocycles. The standard InChI is InChI=1S/C23H25N3O3S/c1-2-21(28)15-7-11-18(12-8-15)29-13-17(27)14-30-23-25-20-6-4-3-5-19(20)22(26-23)24-16-9-10-16/h3-8,11-12,16-17,27H,2,9-10,13-14H2,1H3,(H,24,25,26). The Bertz CT molecular complexity index is 1020. The van der Waals surface area contributed by atoms with E-state index in [0.717, 1.165) is 16.7 Å². The van der Waals surface area contributed by atoms with Crippen molar-refractivity contribution >= 4 is 34.3 Å². The number of para-hydroxylation sites is 1. The van der Waals surface area contributed by atoms with E-state index in [1.807, 2.05) is 31.2 Å². The lowest BCUT2D eigenvalue weighted by Gasteiger charge is -2.13. The molecular weight excluding hydrogens is 398 g/mol. The second-order valence-electron chi connectivity index (χ2n) is 7.37. The molecule has 0 amide bonds. The number of aliphatic hydroxyl groups excluding tert-OH is 1. The average molecular weight is 424 g/mol. The van der Waals surface area contributed by atoms with Gasteiger partial charge in [-0.1, -0.05) is 30.8 Å². The molecule has 1 heterocycles. The lowest BCUT2D eigenvalue weighted by Crippen LogP contribution is -2.20. The summed E-state index contributed by atoms with van der Waals surface area (Å²) in [5.41, 5.74) is 1.57. The zero-order chi connectivity index (χ0) is 20.9. The van der Waals surface area contributed by atoms with Crippen LogP contribution >= 0.6 is 11.8 Å². The molecule has 2 N–H and O–H groups in total. The maximum absolute atomic E-state index is 11.7. The van der Waals surface area contributed by atoms with Crippen LogP contribution in [0.15, 0.2) is 53.7 Å². The number of aliphatic hydroxyl groups is 1. The number of ketones is 1. The molecule has 1 aliphatic carbocycles. The number of benzene rings is 2. The van der Waals surface area contributed by atoms with Crippen molar-refractivity contribution in [3.05, 3.63) is 54.1 Å². The first-order valence-corrected chi connectivity index (χ1v) is 11.2. The van der Waals surface area contributed by atoms with E-state index in [1.54, 1.807) is 24.3 Å². The molecule has 2 aromatic carbocycles. The summed E-state index contributed by atoms with van der Waals surface area (Å²) < 4.78 is 5.65. The molecule has 1 aromatic heterocycles. The third-order valence-corrected chi connectivity index (χ3v) is 5.84. The minimum absolute atomic E-state index is 0.101. The summed E-state index contributed by atoms with van der Waals surface area (Å²) in [6, 6.07) is 15.5. The summed E-state index contributed by atoms with van der Waals surface area (Å²) in [4.78, 5) is 21.0. The minimum atomic E-state index is -0.665. The zero-order valence-electron chi connectivity index (χ0n) is 16.9. The number of Topliss-reactive ketones (excluding diaryl/α,β-unsaturated/α-hetero) is 1. The van der Waals surface area contributed by atoms with Crippen molar-refractivity contribution in [1.82, 2.24) is 9.97 Å². The van der Waals surface area contributed by atoms with E-state index in [-0.39, 0.29) is 12.4 Å². The summed E-state index contributed by atoms with van der Waals surface area (Å²) in [5, 5.41) is 15.4. The van der Waals surface area contributed by atoms with Crippen molar-refractivity contribution in [2.24, 2.45) is 0 Å². The van der Waals surface area contributed by atoms with E-state index in [1.165, 1.54) is 24.6 Å². The maximum Gasteiger partial charge on any atom is 0.190 e. The Labute approximate surface area is 180 Å². The number of anilines is 1. The van der Waals surface area contributed by atoms with Gasteiger partial charge in [0.2, 0.25) is 0 Å². The van der Waals surface area contributed by atoms with Gasteiger partial charge in [0.15, 0.2) is 10.9 Å². The highest BCUT2D eigenvalue weighted by molar-refractivity contribution is 7.99. The van der Waals surface area contributed by atoms with Crippen molar-refractivity contribution in [2.75, 3.05) is 17.7 Å². The maximum atomic E-state index is 11.7. The van der Waals surface area contributed by atoms with Crippen LogP contribution in [0.25, 0.3) is 10.9 Å². The molecule has 1 aliphatic rings. The predicted molar refractivity (Wildman–Crippen MR) is 119 cm³/mol. The number of carbonyl (C=O) groups is 1. The quantitative estimate of drug-likeness (QED) is 0.285. The van der Waals surface area contributed by atoms with Gasteiger partial charge in [-0.25, -0.2) is 9.97 Å². The topological polar surface area (TPSA) is 84.3 Å². The molecule has 3 aromatic rings. The van der Waals surface area contributed by atoms with Gasteiger partial charge in [-0.15, -0.1) is 0 Å². The lowest BCUT2D eigenvalue weighted by molar-refractivity contribution is 0.0987. The highest BCUT2D eigenvalue weighted by Crippen LogP contribution is 2.30. The van der Waals surface area contributed by atoms with Crippen molar-refractivity contribution in [1.29, 1.82) is 0 Å². The molecule has 0 spiro atoms. The van der Waals surface area contributed by atoms with Crippen LogP contribution in [-0.4, -0.2) is 45.4 Å². The van der Waals surface area contributed by atoms with Crippen LogP contribution < -0.4 is 10.1 Å². The molecule has 0 saturated heterocycles. The van der Waals surface area contributed by atoms with Gasteiger partial charge >= 0.3 is 0 Å². The second-order valence-corrected chi connectivity index (χ2v) is 8.35. The number of carbonyl (C=O) groups excluding carboxylic acids is 1. The summed E-state index contributed by atoms with van der Waals surface area (Å²) >= 11 is 1.41. The van der Waals surface area contributed by atoms with Gasteiger partial charge in [0.05, 0.1) is 11.6 Å². The van der Waals surface area contributed by atoms with Crippen LogP contribution in [0.5, 0.6) is 5.75 Å². The summed E-state index contributed by atoms with van der Waals surface area (Å²) in [6.45, 7) is 2.00. The normalized spacial score (nSPS) is 14.5. The molecule has 6 nitrogen and oxygen atoms in total. The Kier molecular flexibility index (Phi) is 6.50. The lowest BCUT2D eigenvalue weighted by atomic mass is 10.1. The Morgan fingerprint density at radius 3 is 2.70 bits per heavy atom. The number of hydrogen-bond acceptors (Lipinski definition) is 7. The van der Waals surface area contributed by atoms with E-state index in [0.29, 0.717) is 34.7 Å². The SMILES string of the molecule is CCC(=O)c1ccc(OCC(O)CSc2nc(NC3CC3)c3ccccc3n2)cc1. The Hall–Kier alpha value is -2.64. The van der Waals surface area contributed by atoms with Gasteiger partial charge in [0.1, 0.15) is 18.2 Å². The van der Waals surface area contributed by atoms with E-state index in [2.05, 4.69) is 15.3 Å². The molecule has 0 aliphatic heterocycles. The first-order chi connectivity index (χ1) is 14.6. The van der Waals surface area contributed by atoms with Crippen molar-refractivity contribution in [2.45, 2.75) is 43.5 Å². The van der Waals surface area contributed by atoms with E-state index < -0.39 is 6.10 Å². The van der Waals surface area contributed by atoms with Gasteiger partial charge in [-0.05, 0) is 49.2 Å². The van der Waals surface area contributed by atoms with Crippen molar-refractivity contribution < 1.29 is 14.6 Å². The first kappa shape index (κ1) is 20.6. The number of hydrogen-bond donors (Lipinski definition) is 2. The van der Waals surface area contributed by atoms with Gasteiger partial charge < -0.3 is 15.2 Å². The van der Waals surface area contributed by atoms with Crippen LogP contribution in [0.1, 0.15) is 36.5 Å². The van der Waals surface area contributed by atoms with Crippen LogP contribution in [0, 0.1) is 0 Å². The number of rotatable bonds is 10. The Morgan fingerprint density at radius 2 is 1.97 bits per heavy atom. The van der Waals surface area contributed by atoms with E-state index in [4.69, 9.17) is 4.74 Å². The van der Waals surface area contributed by atoms with Gasteiger partial charge in [-0.3, -0.25) is 4.79 Å². The smallest absolute Gasteiger partial charge is 0.190 e. The molecule has 1 atom stereocenters. The molecule has 1 fully saturated rings. The monoisotopic (exact) mass is 423 g/mol. The summed E-state index contributed by atoms with van der Waals surface area (Å²) in [7, 11) is 0. The molecule has 156 valence electrons. The molecule has 30 heavy (non-hydrogen) atoms. The largest absolute Gasteiger partial charge is 0.491 e. The van der Waals surface area contributed by atoms with Crippen LogP contribution in [-0.2, 0) is 0 Å². The van der Waals surface area contributed by atoms with Crippen molar-refractivity contribution in [3.63, 3.8) is 0 Å². The van der Waals surface area contributed by atoms with Crippen LogP contribution in [0.4, 0.5) is 5.82 Å². The fourth-order valence-corrected chi connectivity index (χ4v) is 3.76. The fourth-order valence-electron chi connectivity index (χ4n) is 3.00. The summed E-state index contributed by atoms with van der Waals surface area (Å²) in [6.07, 6.45) is 2.15. The minimum Gasteiger partial charge on any atom is -0.491 e. The highest BCUT2D eigenvalue weighted by atomic mass is 32.2. The average Bonchev–Trinajstić information content (AvgIpc) is 3.60. The molecule has 4 rings (SSSR count). The molecule has 0 bridgehead atoms. The predicted octanol–water partition coefficient (Wildman–Crippen LogP) is 4.33. The Balaban J connectivity index is 1.33. The van der Waals surface area contributed by atoms with E-state index in [9.17, 15) is 9.90 Å². The Morgan fingerprint density at radius 1 is 1.20 bits per heavy atom.